The number of pyridine rings is 1. The third kappa shape index (κ3) is 1.61. The van der Waals surface area contributed by atoms with Crippen LogP contribution in [0.1, 0.15) is 26.0 Å². The maximum atomic E-state index is 13.1. The van der Waals surface area contributed by atoms with Crippen LogP contribution in [0, 0.1) is 5.82 Å². The SMILES string of the molecule is CCC(C)(N)c1ncccc1F. The van der Waals surface area contributed by atoms with Crippen molar-refractivity contribution in [1.29, 1.82) is 0 Å². The second kappa shape index (κ2) is 3.19. The molecule has 0 aliphatic rings. The molecular formula is C9H13FN2. The highest BCUT2D eigenvalue weighted by molar-refractivity contribution is 5.15. The van der Waals surface area contributed by atoms with Gasteiger partial charge in [0.05, 0.1) is 11.2 Å². The van der Waals surface area contributed by atoms with Gasteiger partial charge in [-0.1, -0.05) is 6.92 Å². The van der Waals surface area contributed by atoms with Gasteiger partial charge >= 0.3 is 0 Å². The summed E-state index contributed by atoms with van der Waals surface area (Å²) in [5.41, 5.74) is 5.51. The van der Waals surface area contributed by atoms with E-state index >= 15 is 0 Å². The standard InChI is InChI=1S/C9H13FN2/c1-3-9(2,11)8-7(10)5-4-6-12-8/h4-6H,3,11H2,1-2H3. The quantitative estimate of drug-likeness (QED) is 0.731. The van der Waals surface area contributed by atoms with Gasteiger partial charge in [-0.3, -0.25) is 4.98 Å². The lowest BCUT2D eigenvalue weighted by Crippen LogP contribution is -2.34. The fourth-order valence-electron chi connectivity index (χ4n) is 0.973. The predicted octanol–water partition coefficient (Wildman–Crippen LogP) is 1.80. The summed E-state index contributed by atoms with van der Waals surface area (Å²) in [6.07, 6.45) is 2.22. The Morgan fingerprint density at radius 3 is 2.83 bits per heavy atom. The molecule has 3 heteroatoms. The highest BCUT2D eigenvalue weighted by Crippen LogP contribution is 2.20. The monoisotopic (exact) mass is 168 g/mol. The molecule has 2 nitrogen and oxygen atoms in total. The normalized spacial score (nSPS) is 15.7. The number of halogens is 1. The molecule has 0 amide bonds. The van der Waals surface area contributed by atoms with Crippen LogP contribution in [0.25, 0.3) is 0 Å². The zero-order chi connectivity index (χ0) is 9.19. The van der Waals surface area contributed by atoms with Crippen LogP contribution in [0.15, 0.2) is 18.3 Å². The van der Waals surface area contributed by atoms with Crippen LogP contribution >= 0.6 is 0 Å². The Balaban J connectivity index is 3.10. The second-order valence-corrected chi connectivity index (χ2v) is 3.10. The molecule has 0 aliphatic carbocycles. The van der Waals surface area contributed by atoms with E-state index in [1.165, 1.54) is 6.07 Å². The van der Waals surface area contributed by atoms with Gasteiger partial charge in [-0.2, -0.15) is 0 Å². The first-order chi connectivity index (χ1) is 5.58. The summed E-state index contributed by atoms with van der Waals surface area (Å²) in [5, 5.41) is 0. The second-order valence-electron chi connectivity index (χ2n) is 3.10. The highest BCUT2D eigenvalue weighted by Gasteiger charge is 2.23. The summed E-state index contributed by atoms with van der Waals surface area (Å²) in [7, 11) is 0. The van der Waals surface area contributed by atoms with Gasteiger partial charge in [0.25, 0.3) is 0 Å². The average molecular weight is 168 g/mol. The van der Waals surface area contributed by atoms with Crippen LogP contribution in [0.5, 0.6) is 0 Å². The van der Waals surface area contributed by atoms with Crippen molar-refractivity contribution >= 4 is 0 Å². The zero-order valence-electron chi connectivity index (χ0n) is 7.34. The molecule has 2 N–H and O–H groups in total. The van der Waals surface area contributed by atoms with E-state index in [-0.39, 0.29) is 5.82 Å². The van der Waals surface area contributed by atoms with Gasteiger partial charge in [0.15, 0.2) is 0 Å². The van der Waals surface area contributed by atoms with Crippen molar-refractivity contribution in [2.24, 2.45) is 5.73 Å². The maximum absolute atomic E-state index is 13.1. The Hall–Kier alpha value is -0.960. The molecule has 0 radical (unpaired) electrons. The van der Waals surface area contributed by atoms with Crippen LogP contribution in [-0.4, -0.2) is 4.98 Å². The van der Waals surface area contributed by atoms with Crippen LogP contribution < -0.4 is 5.73 Å². The van der Waals surface area contributed by atoms with E-state index < -0.39 is 5.54 Å². The molecular weight excluding hydrogens is 155 g/mol. The molecule has 0 fully saturated rings. The highest BCUT2D eigenvalue weighted by atomic mass is 19.1. The van der Waals surface area contributed by atoms with Gasteiger partial charge in [-0.05, 0) is 25.5 Å². The number of aromatic nitrogens is 1. The van der Waals surface area contributed by atoms with Crippen molar-refractivity contribution in [1.82, 2.24) is 4.98 Å². The Bertz CT molecular complexity index is 271. The van der Waals surface area contributed by atoms with Crippen molar-refractivity contribution in [3.63, 3.8) is 0 Å². The number of nitrogens with two attached hydrogens (primary N) is 1. The van der Waals surface area contributed by atoms with Crippen LogP contribution in [-0.2, 0) is 5.54 Å². The zero-order valence-corrected chi connectivity index (χ0v) is 7.34. The molecule has 0 bridgehead atoms. The third-order valence-electron chi connectivity index (χ3n) is 2.03. The molecule has 1 atom stereocenters. The summed E-state index contributed by atoms with van der Waals surface area (Å²) in [6, 6.07) is 2.94. The van der Waals surface area contributed by atoms with E-state index in [0.29, 0.717) is 12.1 Å². The largest absolute Gasteiger partial charge is 0.320 e. The molecule has 0 spiro atoms. The fraction of sp³-hybridized carbons (Fsp3) is 0.444. The Morgan fingerprint density at radius 1 is 1.67 bits per heavy atom. The van der Waals surface area contributed by atoms with E-state index in [0.717, 1.165) is 0 Å². The Morgan fingerprint density at radius 2 is 2.33 bits per heavy atom. The molecule has 1 unspecified atom stereocenters. The molecule has 0 aromatic carbocycles. The summed E-state index contributed by atoms with van der Waals surface area (Å²) in [5.74, 6) is -0.329. The Labute approximate surface area is 71.6 Å². The molecule has 66 valence electrons. The minimum Gasteiger partial charge on any atom is -0.320 e. The number of nitrogens with zero attached hydrogens (tertiary/aromatic N) is 1. The van der Waals surface area contributed by atoms with Crippen molar-refractivity contribution in [2.75, 3.05) is 0 Å². The Kier molecular flexibility index (Phi) is 2.43. The number of hydrogen-bond donors (Lipinski definition) is 1. The minimum atomic E-state index is -0.661. The van der Waals surface area contributed by atoms with Gasteiger partial charge in [0.1, 0.15) is 5.82 Å². The van der Waals surface area contributed by atoms with Gasteiger partial charge in [0.2, 0.25) is 0 Å². The lowest BCUT2D eigenvalue weighted by molar-refractivity contribution is 0.429. The molecule has 1 aromatic heterocycles. The summed E-state index contributed by atoms with van der Waals surface area (Å²) >= 11 is 0. The molecule has 0 aliphatic heterocycles. The molecule has 0 saturated heterocycles. The van der Waals surface area contributed by atoms with Crippen molar-refractivity contribution in [3.05, 3.63) is 29.8 Å². The smallest absolute Gasteiger partial charge is 0.146 e. The first kappa shape index (κ1) is 9.13. The molecule has 0 saturated carbocycles. The van der Waals surface area contributed by atoms with Gasteiger partial charge in [-0.25, -0.2) is 4.39 Å². The number of rotatable bonds is 2. The predicted molar refractivity (Wildman–Crippen MR) is 46.0 cm³/mol. The summed E-state index contributed by atoms with van der Waals surface area (Å²) in [4.78, 5) is 3.92. The lowest BCUT2D eigenvalue weighted by Gasteiger charge is -2.21. The van der Waals surface area contributed by atoms with Crippen molar-refractivity contribution in [3.8, 4) is 0 Å². The molecule has 12 heavy (non-hydrogen) atoms. The minimum absolute atomic E-state index is 0.329. The molecule has 1 aromatic rings. The van der Waals surface area contributed by atoms with Crippen LogP contribution in [0.2, 0.25) is 0 Å². The van der Waals surface area contributed by atoms with E-state index in [1.807, 2.05) is 6.92 Å². The third-order valence-corrected chi connectivity index (χ3v) is 2.03. The number of hydrogen-bond acceptors (Lipinski definition) is 2. The van der Waals surface area contributed by atoms with E-state index in [1.54, 1.807) is 19.2 Å². The summed E-state index contributed by atoms with van der Waals surface area (Å²) in [6.45, 7) is 3.69. The molecule has 1 rings (SSSR count). The van der Waals surface area contributed by atoms with Crippen molar-refractivity contribution < 1.29 is 4.39 Å². The van der Waals surface area contributed by atoms with Crippen molar-refractivity contribution in [2.45, 2.75) is 25.8 Å². The maximum Gasteiger partial charge on any atom is 0.146 e. The van der Waals surface area contributed by atoms with E-state index in [4.69, 9.17) is 5.73 Å². The topological polar surface area (TPSA) is 38.9 Å². The summed E-state index contributed by atoms with van der Waals surface area (Å²) < 4.78 is 13.1. The first-order valence-electron chi connectivity index (χ1n) is 3.98. The van der Waals surface area contributed by atoms with Crippen LogP contribution in [0.3, 0.4) is 0 Å². The van der Waals surface area contributed by atoms with Gasteiger partial charge < -0.3 is 5.73 Å². The average Bonchev–Trinajstić information content (AvgIpc) is 2.05. The van der Waals surface area contributed by atoms with Crippen LogP contribution in [0.4, 0.5) is 4.39 Å². The lowest BCUT2D eigenvalue weighted by atomic mass is 9.95. The van der Waals surface area contributed by atoms with E-state index in [9.17, 15) is 4.39 Å². The first-order valence-corrected chi connectivity index (χ1v) is 3.98. The van der Waals surface area contributed by atoms with E-state index in [2.05, 4.69) is 4.98 Å². The fourth-order valence-corrected chi connectivity index (χ4v) is 0.973. The molecule has 1 heterocycles. The van der Waals surface area contributed by atoms with Gasteiger partial charge in [0, 0.05) is 6.20 Å². The van der Waals surface area contributed by atoms with Gasteiger partial charge in [-0.15, -0.1) is 0 Å².